The number of rotatable bonds is 8. The van der Waals surface area contributed by atoms with Crippen molar-refractivity contribution in [2.24, 2.45) is 11.8 Å². The molecule has 1 aromatic carbocycles. The van der Waals surface area contributed by atoms with Gasteiger partial charge in [-0.2, -0.15) is 4.39 Å². The number of anilines is 2. The molecule has 1 heterocycles. The topological polar surface area (TPSA) is 91.4 Å². The number of benzene rings is 1. The number of carbonyl (C=O) groups excluding carboxylic acids is 3. The molecule has 1 unspecified atom stereocenters. The van der Waals surface area contributed by atoms with E-state index >= 15 is 4.39 Å². The number of nitrogens with zero attached hydrogens (tertiary/aromatic N) is 2. The highest BCUT2D eigenvalue weighted by Gasteiger charge is 2.48. The third kappa shape index (κ3) is 5.00. The summed E-state index contributed by atoms with van der Waals surface area (Å²) in [5.74, 6) is -1.97. The Balaban J connectivity index is 1.79. The molecule has 2 aromatic rings. The maximum absolute atomic E-state index is 15.0. The molecular weight excluding hydrogens is 435 g/mol. The fraction of sp³-hybridized carbons (Fsp3) is 0.385. The minimum absolute atomic E-state index is 0.0192. The van der Waals surface area contributed by atoms with Crippen LogP contribution in [-0.2, 0) is 14.4 Å². The van der Waals surface area contributed by atoms with Gasteiger partial charge >= 0.3 is 0 Å². The molecule has 178 valence electrons. The van der Waals surface area contributed by atoms with Crippen LogP contribution in [0.25, 0.3) is 0 Å². The lowest BCUT2D eigenvalue weighted by atomic mass is 10.0. The Morgan fingerprint density at radius 1 is 1.26 bits per heavy atom. The predicted molar refractivity (Wildman–Crippen MR) is 127 cm³/mol. The van der Waals surface area contributed by atoms with E-state index in [4.69, 9.17) is 0 Å². The van der Waals surface area contributed by atoms with Gasteiger partial charge in [-0.25, -0.2) is 4.98 Å². The average molecular weight is 465 g/mol. The molecule has 0 aliphatic heterocycles. The summed E-state index contributed by atoms with van der Waals surface area (Å²) in [6, 6.07) is 7.06. The van der Waals surface area contributed by atoms with Crippen LogP contribution in [-0.4, -0.2) is 28.2 Å². The second-order valence-electron chi connectivity index (χ2n) is 9.62. The lowest BCUT2D eigenvalue weighted by Crippen LogP contribution is -2.48. The van der Waals surface area contributed by atoms with Crippen LogP contribution in [0.15, 0.2) is 49.2 Å². The Hall–Kier alpha value is -3.55. The monoisotopic (exact) mass is 464 g/mol. The maximum Gasteiger partial charge on any atom is 0.248 e. The number of aryl methyl sites for hydroxylation is 1. The predicted octanol–water partition coefficient (Wildman–Crippen LogP) is 4.05. The van der Waals surface area contributed by atoms with Crippen LogP contribution >= 0.6 is 0 Å². The first-order chi connectivity index (χ1) is 16.1. The molecule has 2 N–H and O–H groups in total. The van der Waals surface area contributed by atoms with E-state index in [2.05, 4.69) is 22.2 Å². The minimum Gasteiger partial charge on any atom is -0.349 e. The van der Waals surface area contributed by atoms with E-state index in [1.807, 2.05) is 13.8 Å². The number of amides is 3. The van der Waals surface area contributed by atoms with E-state index in [-0.39, 0.29) is 40.8 Å². The highest BCUT2D eigenvalue weighted by atomic mass is 19.1. The van der Waals surface area contributed by atoms with Gasteiger partial charge in [-0.3, -0.25) is 19.3 Å². The van der Waals surface area contributed by atoms with Gasteiger partial charge in [-0.15, -0.1) is 0 Å². The van der Waals surface area contributed by atoms with Crippen molar-refractivity contribution in [1.82, 2.24) is 10.3 Å². The summed E-state index contributed by atoms with van der Waals surface area (Å²) >= 11 is 0. The van der Waals surface area contributed by atoms with Gasteiger partial charge in [0.15, 0.2) is 0 Å². The zero-order chi connectivity index (χ0) is 24.6. The normalized spacial score (nSPS) is 20.6. The van der Waals surface area contributed by atoms with Crippen LogP contribution in [0.4, 0.5) is 15.8 Å². The Morgan fingerprint density at radius 2 is 1.91 bits per heavy atom. The van der Waals surface area contributed by atoms with Crippen molar-refractivity contribution >= 4 is 29.1 Å². The molecule has 0 spiro atoms. The molecule has 1 aromatic heterocycles. The van der Waals surface area contributed by atoms with Crippen LogP contribution in [0.1, 0.15) is 50.3 Å². The molecule has 3 amide bonds. The summed E-state index contributed by atoms with van der Waals surface area (Å²) in [5.41, 5.74) is 1.33. The van der Waals surface area contributed by atoms with Gasteiger partial charge in [0.05, 0.1) is 0 Å². The molecule has 8 heteroatoms. The molecule has 4 rings (SSSR count). The van der Waals surface area contributed by atoms with Gasteiger partial charge in [-0.1, -0.05) is 25.6 Å². The fourth-order valence-electron chi connectivity index (χ4n) is 3.97. The van der Waals surface area contributed by atoms with E-state index in [0.717, 1.165) is 18.9 Å². The molecule has 0 radical (unpaired) electrons. The van der Waals surface area contributed by atoms with E-state index in [0.29, 0.717) is 23.2 Å². The molecule has 2 aliphatic carbocycles. The van der Waals surface area contributed by atoms with Crippen molar-refractivity contribution in [3.05, 3.63) is 66.3 Å². The Bertz CT molecular complexity index is 1140. The molecule has 7 nitrogen and oxygen atoms in total. The molecule has 2 saturated carbocycles. The van der Waals surface area contributed by atoms with Gasteiger partial charge in [0.1, 0.15) is 11.7 Å². The average Bonchev–Trinajstić information content (AvgIpc) is 3.72. The first-order valence-corrected chi connectivity index (χ1v) is 11.4. The standard InChI is InChI=1S/C26H29FN4O3/c1-5-21(32)29-18-8-6-17(7-9-18)22(24(33)30-26(4)10-11-26)31(25(34)19-13-16(19)3)20-12-15(2)14-28-23(20)27/h5-9,12,14,16,19,22H,1,10-11,13H2,2-4H3,(H,29,32)(H,30,33)/t16-,19-,22?/m0/s1. The van der Waals surface area contributed by atoms with Crippen molar-refractivity contribution in [2.45, 2.75) is 51.6 Å². The van der Waals surface area contributed by atoms with E-state index < -0.39 is 12.0 Å². The number of aromatic nitrogens is 1. The summed E-state index contributed by atoms with van der Waals surface area (Å²) < 4.78 is 15.0. The summed E-state index contributed by atoms with van der Waals surface area (Å²) in [4.78, 5) is 44.0. The Kier molecular flexibility index (Phi) is 6.25. The highest BCUT2D eigenvalue weighted by molar-refractivity contribution is 6.04. The van der Waals surface area contributed by atoms with E-state index in [1.165, 1.54) is 11.1 Å². The van der Waals surface area contributed by atoms with Crippen molar-refractivity contribution < 1.29 is 18.8 Å². The third-order valence-corrected chi connectivity index (χ3v) is 6.49. The van der Waals surface area contributed by atoms with E-state index in [9.17, 15) is 14.4 Å². The smallest absolute Gasteiger partial charge is 0.248 e. The lowest BCUT2D eigenvalue weighted by Gasteiger charge is -2.33. The van der Waals surface area contributed by atoms with Crippen molar-refractivity contribution in [2.75, 3.05) is 10.2 Å². The zero-order valence-electron chi connectivity index (χ0n) is 19.6. The van der Waals surface area contributed by atoms with Gasteiger partial charge < -0.3 is 10.6 Å². The number of nitrogens with one attached hydrogen (secondary N) is 2. The van der Waals surface area contributed by atoms with Crippen molar-refractivity contribution in [3.8, 4) is 0 Å². The molecule has 0 saturated heterocycles. The van der Waals surface area contributed by atoms with Gasteiger partial charge in [0.25, 0.3) is 0 Å². The quantitative estimate of drug-likeness (QED) is 0.455. The van der Waals surface area contributed by atoms with Crippen molar-refractivity contribution in [1.29, 1.82) is 0 Å². The largest absolute Gasteiger partial charge is 0.349 e. The molecular formula is C26H29FN4O3. The molecule has 0 bridgehead atoms. The zero-order valence-corrected chi connectivity index (χ0v) is 19.6. The van der Waals surface area contributed by atoms with E-state index in [1.54, 1.807) is 37.3 Å². The molecule has 34 heavy (non-hydrogen) atoms. The number of carbonyl (C=O) groups is 3. The summed E-state index contributed by atoms with van der Waals surface area (Å²) in [5, 5.41) is 5.70. The SMILES string of the molecule is C=CC(=O)Nc1ccc(C(C(=O)NC2(C)CC2)N(C(=O)[C@H]2C[C@@H]2C)c2cc(C)cnc2F)cc1. The van der Waals surface area contributed by atoms with Crippen LogP contribution < -0.4 is 15.5 Å². The molecule has 3 atom stereocenters. The number of hydrogen-bond donors (Lipinski definition) is 2. The number of hydrogen-bond acceptors (Lipinski definition) is 4. The van der Waals surface area contributed by atoms with Crippen molar-refractivity contribution in [3.63, 3.8) is 0 Å². The lowest BCUT2D eigenvalue weighted by molar-refractivity contribution is -0.127. The second kappa shape index (κ2) is 9.00. The van der Waals surface area contributed by atoms with Crippen LogP contribution in [0, 0.1) is 24.7 Å². The number of halogens is 1. The first kappa shape index (κ1) is 23.6. The van der Waals surface area contributed by atoms with Gasteiger partial charge in [-0.05, 0) is 74.4 Å². The van der Waals surface area contributed by atoms with Crippen LogP contribution in [0.5, 0.6) is 0 Å². The maximum atomic E-state index is 15.0. The van der Waals surface area contributed by atoms with Gasteiger partial charge in [0.2, 0.25) is 23.7 Å². The first-order valence-electron chi connectivity index (χ1n) is 11.4. The summed E-state index contributed by atoms with van der Waals surface area (Å²) in [7, 11) is 0. The molecule has 2 fully saturated rings. The Morgan fingerprint density at radius 3 is 2.47 bits per heavy atom. The number of pyridine rings is 1. The second-order valence-corrected chi connectivity index (χ2v) is 9.62. The molecule has 2 aliphatic rings. The minimum atomic E-state index is -1.10. The fourth-order valence-corrected chi connectivity index (χ4v) is 3.97. The highest BCUT2D eigenvalue weighted by Crippen LogP contribution is 2.43. The van der Waals surface area contributed by atoms with Gasteiger partial charge in [0, 0.05) is 23.3 Å². The summed E-state index contributed by atoms with van der Waals surface area (Å²) in [6.45, 7) is 9.10. The third-order valence-electron chi connectivity index (χ3n) is 6.49. The Labute approximate surface area is 198 Å². The summed E-state index contributed by atoms with van der Waals surface area (Å²) in [6.07, 6.45) is 4.91. The van der Waals surface area contributed by atoms with Crippen LogP contribution in [0.3, 0.4) is 0 Å². The van der Waals surface area contributed by atoms with Crippen LogP contribution in [0.2, 0.25) is 0 Å².